The smallest absolute Gasteiger partial charge is 0.329 e. The van der Waals surface area contributed by atoms with Gasteiger partial charge in [-0.05, 0) is 30.7 Å². The second-order valence-corrected chi connectivity index (χ2v) is 10.7. The van der Waals surface area contributed by atoms with Gasteiger partial charge in [0.05, 0.1) is 6.42 Å². The standard InChI is InChI=1S/C30H47N3O5/c1-6-8-9-10-11-13-16-21(4)24-19-25(34)32-27(23-17-14-12-15-18-23)29(36)31-22(5)28(35)33-26(20(3)7-2)30(37)38-24/h12,14-15,17-18,20-22,24,26-27H,6-11,13,16,19H2,1-5H3,(H,31,36)(H,32,34)(H,33,35)/t20-,21-,22-,24-,26+,27-/m0/s1. The van der Waals surface area contributed by atoms with Crippen molar-refractivity contribution < 1.29 is 23.9 Å². The summed E-state index contributed by atoms with van der Waals surface area (Å²) in [5, 5.41) is 8.30. The summed E-state index contributed by atoms with van der Waals surface area (Å²) in [6.07, 6.45) is 7.62. The number of nitrogens with one attached hydrogen (secondary N) is 3. The summed E-state index contributed by atoms with van der Waals surface area (Å²) in [6.45, 7) is 9.55. The first kappa shape index (κ1) is 31.3. The van der Waals surface area contributed by atoms with Crippen molar-refractivity contribution >= 4 is 23.7 Å². The van der Waals surface area contributed by atoms with Gasteiger partial charge in [-0.2, -0.15) is 0 Å². The number of rotatable bonds is 11. The second-order valence-electron chi connectivity index (χ2n) is 10.7. The normalized spacial score (nSPS) is 25.0. The zero-order valence-corrected chi connectivity index (χ0v) is 23.8. The molecule has 8 heteroatoms. The van der Waals surface area contributed by atoms with Gasteiger partial charge in [0.1, 0.15) is 24.2 Å². The largest absolute Gasteiger partial charge is 0.460 e. The summed E-state index contributed by atoms with van der Waals surface area (Å²) in [7, 11) is 0. The predicted molar refractivity (Wildman–Crippen MR) is 148 cm³/mol. The molecule has 1 aliphatic heterocycles. The summed E-state index contributed by atoms with van der Waals surface area (Å²) in [4.78, 5) is 52.8. The average Bonchev–Trinajstić information content (AvgIpc) is 2.91. The minimum Gasteiger partial charge on any atom is -0.460 e. The lowest BCUT2D eigenvalue weighted by molar-refractivity contribution is -0.158. The van der Waals surface area contributed by atoms with Crippen LogP contribution in [-0.4, -0.2) is 41.9 Å². The number of hydrogen-bond donors (Lipinski definition) is 3. The van der Waals surface area contributed by atoms with Crippen molar-refractivity contribution in [2.24, 2.45) is 11.8 Å². The highest BCUT2D eigenvalue weighted by Crippen LogP contribution is 2.23. The third-order valence-corrected chi connectivity index (χ3v) is 7.52. The molecule has 0 saturated carbocycles. The highest BCUT2D eigenvalue weighted by molar-refractivity contribution is 5.94. The molecule has 1 aromatic rings. The molecule has 1 saturated heterocycles. The van der Waals surface area contributed by atoms with Crippen LogP contribution in [0.2, 0.25) is 0 Å². The van der Waals surface area contributed by atoms with Crippen LogP contribution < -0.4 is 16.0 Å². The molecule has 1 fully saturated rings. The molecule has 8 nitrogen and oxygen atoms in total. The summed E-state index contributed by atoms with van der Waals surface area (Å²) in [6, 6.07) is 6.16. The van der Waals surface area contributed by atoms with Crippen LogP contribution in [0.4, 0.5) is 0 Å². The lowest BCUT2D eigenvalue weighted by atomic mass is 9.93. The summed E-state index contributed by atoms with van der Waals surface area (Å²) < 4.78 is 5.96. The highest BCUT2D eigenvalue weighted by atomic mass is 16.5. The Balaban J connectivity index is 2.30. The van der Waals surface area contributed by atoms with Crippen molar-refractivity contribution in [3.63, 3.8) is 0 Å². The molecule has 0 aromatic heterocycles. The Morgan fingerprint density at radius 2 is 1.50 bits per heavy atom. The Bertz CT molecular complexity index is 906. The van der Waals surface area contributed by atoms with Crippen LogP contribution >= 0.6 is 0 Å². The monoisotopic (exact) mass is 529 g/mol. The average molecular weight is 530 g/mol. The zero-order valence-electron chi connectivity index (χ0n) is 23.8. The SMILES string of the molecule is CCCCCCCC[C@H](C)[C@@H]1CC(=O)N[C@@H](c2ccccc2)C(=O)N[C@@H](C)C(=O)N[C@H]([C@@H](C)CC)C(=O)O1. The molecule has 0 spiro atoms. The van der Waals surface area contributed by atoms with E-state index in [-0.39, 0.29) is 24.2 Å². The van der Waals surface area contributed by atoms with Gasteiger partial charge in [-0.1, -0.05) is 103 Å². The van der Waals surface area contributed by atoms with Crippen LogP contribution in [0.3, 0.4) is 0 Å². The highest BCUT2D eigenvalue weighted by Gasteiger charge is 2.35. The van der Waals surface area contributed by atoms with Gasteiger partial charge < -0.3 is 20.7 Å². The molecular formula is C30H47N3O5. The number of amides is 3. The molecule has 6 atom stereocenters. The quantitative estimate of drug-likeness (QED) is 0.287. The Hall–Kier alpha value is -2.90. The van der Waals surface area contributed by atoms with Crippen LogP contribution in [0.5, 0.6) is 0 Å². The Morgan fingerprint density at radius 1 is 0.842 bits per heavy atom. The molecular weight excluding hydrogens is 482 g/mol. The fourth-order valence-electron chi connectivity index (χ4n) is 4.67. The summed E-state index contributed by atoms with van der Waals surface area (Å²) >= 11 is 0. The number of ether oxygens (including phenoxy) is 1. The first-order valence-corrected chi connectivity index (χ1v) is 14.3. The van der Waals surface area contributed by atoms with Crippen LogP contribution in [0.15, 0.2) is 30.3 Å². The lowest BCUT2D eigenvalue weighted by Crippen LogP contribution is -2.54. The minimum atomic E-state index is -0.977. The Kier molecular flexibility index (Phi) is 13.3. The van der Waals surface area contributed by atoms with Gasteiger partial charge in [0.15, 0.2) is 0 Å². The van der Waals surface area contributed by atoms with Crippen LogP contribution in [0.25, 0.3) is 0 Å². The van der Waals surface area contributed by atoms with Crippen molar-refractivity contribution in [1.29, 1.82) is 0 Å². The van der Waals surface area contributed by atoms with E-state index in [1.807, 2.05) is 26.8 Å². The van der Waals surface area contributed by atoms with E-state index < -0.39 is 42.0 Å². The zero-order chi connectivity index (χ0) is 28.1. The Labute approximate surface area is 228 Å². The first-order chi connectivity index (χ1) is 18.2. The predicted octanol–water partition coefficient (Wildman–Crippen LogP) is 4.58. The third-order valence-electron chi connectivity index (χ3n) is 7.52. The number of esters is 1. The number of cyclic esters (lactones) is 1. The minimum absolute atomic E-state index is 0.0581. The molecule has 0 aliphatic carbocycles. The van der Waals surface area contributed by atoms with E-state index >= 15 is 0 Å². The number of unbranched alkanes of at least 4 members (excludes halogenated alkanes) is 5. The van der Waals surface area contributed by atoms with Gasteiger partial charge in [0, 0.05) is 0 Å². The van der Waals surface area contributed by atoms with Crippen molar-refractivity contribution in [3.8, 4) is 0 Å². The fraction of sp³-hybridized carbons (Fsp3) is 0.667. The number of hydrogen-bond acceptors (Lipinski definition) is 5. The van der Waals surface area contributed by atoms with Gasteiger partial charge >= 0.3 is 5.97 Å². The molecule has 38 heavy (non-hydrogen) atoms. The molecule has 0 bridgehead atoms. The number of carbonyl (C=O) groups is 4. The van der Waals surface area contributed by atoms with E-state index in [2.05, 4.69) is 22.9 Å². The first-order valence-electron chi connectivity index (χ1n) is 14.3. The second kappa shape index (κ2) is 16.1. The van der Waals surface area contributed by atoms with Crippen LogP contribution in [-0.2, 0) is 23.9 Å². The topological polar surface area (TPSA) is 114 Å². The van der Waals surface area contributed by atoms with Crippen molar-refractivity contribution in [1.82, 2.24) is 16.0 Å². The summed E-state index contributed by atoms with van der Waals surface area (Å²) in [5.41, 5.74) is 0.604. The van der Waals surface area contributed by atoms with E-state index in [0.29, 0.717) is 12.0 Å². The maximum Gasteiger partial charge on any atom is 0.329 e. The molecule has 3 amide bonds. The van der Waals surface area contributed by atoms with E-state index in [9.17, 15) is 19.2 Å². The van der Waals surface area contributed by atoms with Crippen molar-refractivity contribution in [2.75, 3.05) is 0 Å². The summed E-state index contributed by atoms with van der Waals surface area (Å²) in [5.74, 6) is -2.13. The van der Waals surface area contributed by atoms with Crippen molar-refractivity contribution in [2.45, 2.75) is 117 Å². The van der Waals surface area contributed by atoms with Gasteiger partial charge in [0.25, 0.3) is 0 Å². The number of carbonyl (C=O) groups excluding carboxylic acids is 4. The van der Waals surface area contributed by atoms with Crippen LogP contribution in [0.1, 0.15) is 104 Å². The van der Waals surface area contributed by atoms with Gasteiger partial charge in [-0.3, -0.25) is 14.4 Å². The maximum absolute atomic E-state index is 13.3. The number of benzene rings is 1. The fourth-order valence-corrected chi connectivity index (χ4v) is 4.67. The molecule has 3 N–H and O–H groups in total. The molecule has 2 rings (SSSR count). The molecule has 1 heterocycles. The van der Waals surface area contributed by atoms with Crippen molar-refractivity contribution in [3.05, 3.63) is 35.9 Å². The van der Waals surface area contributed by atoms with E-state index in [0.717, 1.165) is 19.3 Å². The molecule has 0 radical (unpaired) electrons. The molecule has 0 unspecified atom stereocenters. The van der Waals surface area contributed by atoms with Gasteiger partial charge in [-0.15, -0.1) is 0 Å². The molecule has 1 aromatic carbocycles. The maximum atomic E-state index is 13.3. The van der Waals surface area contributed by atoms with E-state index in [1.54, 1.807) is 31.2 Å². The van der Waals surface area contributed by atoms with Gasteiger partial charge in [0.2, 0.25) is 17.7 Å². The van der Waals surface area contributed by atoms with Crippen LogP contribution in [0, 0.1) is 11.8 Å². The van der Waals surface area contributed by atoms with E-state index in [1.165, 1.54) is 25.7 Å². The molecule has 212 valence electrons. The van der Waals surface area contributed by atoms with Gasteiger partial charge in [-0.25, -0.2) is 4.79 Å². The lowest BCUT2D eigenvalue weighted by Gasteiger charge is -2.29. The molecule has 1 aliphatic rings. The van der Waals surface area contributed by atoms with E-state index in [4.69, 9.17) is 4.74 Å². The Morgan fingerprint density at radius 3 is 2.16 bits per heavy atom. The third kappa shape index (κ3) is 9.76.